The zero-order valence-electron chi connectivity index (χ0n) is 12.1. The van der Waals surface area contributed by atoms with Crippen LogP contribution in [0.3, 0.4) is 0 Å². The van der Waals surface area contributed by atoms with E-state index in [1.807, 2.05) is 0 Å². The van der Waals surface area contributed by atoms with Crippen molar-refractivity contribution in [3.63, 3.8) is 0 Å². The van der Waals surface area contributed by atoms with E-state index in [0.29, 0.717) is 6.10 Å². The topological polar surface area (TPSA) is 30.5 Å². The molecule has 3 nitrogen and oxygen atoms in total. The Morgan fingerprint density at radius 1 is 1.06 bits per heavy atom. The third-order valence-electron chi connectivity index (χ3n) is 2.50. The molecule has 0 aromatic heterocycles. The maximum atomic E-state index is 5.66. The van der Waals surface area contributed by atoms with Gasteiger partial charge in [-0.25, -0.2) is 0 Å². The van der Waals surface area contributed by atoms with E-state index in [4.69, 9.17) is 9.47 Å². The average molecular weight is 245 g/mol. The second kappa shape index (κ2) is 12.3. The fourth-order valence-corrected chi connectivity index (χ4v) is 1.54. The molecule has 0 aliphatic heterocycles. The molecule has 0 aromatic rings. The highest BCUT2D eigenvalue weighted by atomic mass is 16.5. The Labute approximate surface area is 107 Å². The van der Waals surface area contributed by atoms with Gasteiger partial charge in [0.15, 0.2) is 0 Å². The SMILES string of the molecule is CCCOCCOC(C)CCCNCC(C)C. The van der Waals surface area contributed by atoms with Crippen LogP contribution in [0.15, 0.2) is 0 Å². The second-order valence-electron chi connectivity index (χ2n) is 5.03. The molecule has 0 amide bonds. The number of hydrogen-bond donors (Lipinski definition) is 1. The third kappa shape index (κ3) is 13.8. The lowest BCUT2D eigenvalue weighted by atomic mass is 10.2. The predicted molar refractivity (Wildman–Crippen MR) is 73.5 cm³/mol. The molecule has 0 radical (unpaired) electrons. The van der Waals surface area contributed by atoms with E-state index in [1.54, 1.807) is 0 Å². The van der Waals surface area contributed by atoms with E-state index in [1.165, 1.54) is 6.42 Å². The smallest absolute Gasteiger partial charge is 0.0704 e. The molecule has 0 spiro atoms. The summed E-state index contributed by atoms with van der Waals surface area (Å²) in [7, 11) is 0. The molecule has 17 heavy (non-hydrogen) atoms. The van der Waals surface area contributed by atoms with Gasteiger partial charge in [0.1, 0.15) is 0 Å². The fraction of sp³-hybridized carbons (Fsp3) is 1.00. The third-order valence-corrected chi connectivity index (χ3v) is 2.50. The summed E-state index contributed by atoms with van der Waals surface area (Å²) in [5.74, 6) is 0.736. The molecule has 1 unspecified atom stereocenters. The molecule has 0 aromatic carbocycles. The van der Waals surface area contributed by atoms with Gasteiger partial charge in [0.05, 0.1) is 19.3 Å². The monoisotopic (exact) mass is 245 g/mol. The summed E-state index contributed by atoms with van der Waals surface area (Å²) in [5, 5.41) is 3.44. The summed E-state index contributed by atoms with van der Waals surface area (Å²) in [5.41, 5.74) is 0. The lowest BCUT2D eigenvalue weighted by molar-refractivity contribution is 0.00875. The molecule has 0 fully saturated rings. The minimum Gasteiger partial charge on any atom is -0.379 e. The Bertz CT molecular complexity index is 151. The minimum atomic E-state index is 0.348. The Morgan fingerprint density at radius 3 is 2.47 bits per heavy atom. The molecule has 0 heterocycles. The molecule has 1 atom stereocenters. The van der Waals surface area contributed by atoms with Crippen molar-refractivity contribution >= 4 is 0 Å². The van der Waals surface area contributed by atoms with Gasteiger partial charge in [0.2, 0.25) is 0 Å². The van der Waals surface area contributed by atoms with Gasteiger partial charge in [-0.15, -0.1) is 0 Å². The quantitative estimate of drug-likeness (QED) is 0.536. The number of nitrogens with one attached hydrogen (secondary N) is 1. The number of ether oxygens (including phenoxy) is 2. The summed E-state index contributed by atoms with van der Waals surface area (Å²) >= 11 is 0. The van der Waals surface area contributed by atoms with Crippen molar-refractivity contribution in [2.45, 2.75) is 53.1 Å². The van der Waals surface area contributed by atoms with Crippen molar-refractivity contribution < 1.29 is 9.47 Å². The van der Waals surface area contributed by atoms with Gasteiger partial charge >= 0.3 is 0 Å². The van der Waals surface area contributed by atoms with Crippen molar-refractivity contribution in [3.8, 4) is 0 Å². The van der Waals surface area contributed by atoms with Gasteiger partial charge in [-0.3, -0.25) is 0 Å². The Hall–Kier alpha value is -0.120. The van der Waals surface area contributed by atoms with E-state index in [0.717, 1.165) is 51.7 Å². The van der Waals surface area contributed by atoms with E-state index in [-0.39, 0.29) is 0 Å². The highest BCUT2D eigenvalue weighted by Gasteiger charge is 2.01. The fourth-order valence-electron chi connectivity index (χ4n) is 1.54. The first kappa shape index (κ1) is 16.9. The summed E-state index contributed by atoms with van der Waals surface area (Å²) < 4.78 is 11.0. The zero-order chi connectivity index (χ0) is 12.9. The van der Waals surface area contributed by atoms with Crippen LogP contribution in [0.5, 0.6) is 0 Å². The highest BCUT2D eigenvalue weighted by Crippen LogP contribution is 2.01. The van der Waals surface area contributed by atoms with Crippen LogP contribution >= 0.6 is 0 Å². The van der Waals surface area contributed by atoms with E-state index >= 15 is 0 Å². The van der Waals surface area contributed by atoms with Gasteiger partial charge in [-0.1, -0.05) is 20.8 Å². The normalized spacial score (nSPS) is 13.2. The number of hydrogen-bond acceptors (Lipinski definition) is 3. The van der Waals surface area contributed by atoms with E-state index in [9.17, 15) is 0 Å². The van der Waals surface area contributed by atoms with Gasteiger partial charge in [-0.05, 0) is 45.2 Å². The summed E-state index contributed by atoms with van der Waals surface area (Å²) in [4.78, 5) is 0. The lowest BCUT2D eigenvalue weighted by Gasteiger charge is -2.13. The highest BCUT2D eigenvalue weighted by molar-refractivity contribution is 4.55. The molecule has 0 aliphatic rings. The zero-order valence-corrected chi connectivity index (χ0v) is 12.1. The van der Waals surface area contributed by atoms with Crippen molar-refractivity contribution in [2.24, 2.45) is 5.92 Å². The Morgan fingerprint density at radius 2 is 1.82 bits per heavy atom. The molecule has 0 saturated carbocycles. The molecule has 0 rings (SSSR count). The maximum absolute atomic E-state index is 5.66. The summed E-state index contributed by atoms with van der Waals surface area (Å²) in [6.45, 7) is 13.2. The molecular weight excluding hydrogens is 214 g/mol. The first-order valence-electron chi connectivity index (χ1n) is 7.06. The van der Waals surface area contributed by atoms with Gasteiger partial charge in [-0.2, -0.15) is 0 Å². The molecule has 3 heteroatoms. The predicted octanol–water partition coefficient (Wildman–Crippen LogP) is 2.84. The molecular formula is C14H31NO2. The molecule has 0 bridgehead atoms. The largest absolute Gasteiger partial charge is 0.379 e. The van der Waals surface area contributed by atoms with Gasteiger partial charge in [0, 0.05) is 6.61 Å². The van der Waals surface area contributed by atoms with Crippen LogP contribution in [-0.2, 0) is 9.47 Å². The maximum Gasteiger partial charge on any atom is 0.0704 e. The average Bonchev–Trinajstić information content (AvgIpc) is 2.28. The number of rotatable bonds is 12. The Kier molecular flexibility index (Phi) is 12.3. The van der Waals surface area contributed by atoms with Crippen molar-refractivity contribution in [3.05, 3.63) is 0 Å². The van der Waals surface area contributed by atoms with Crippen LogP contribution in [0.4, 0.5) is 0 Å². The van der Waals surface area contributed by atoms with E-state index < -0.39 is 0 Å². The van der Waals surface area contributed by atoms with Crippen LogP contribution in [0, 0.1) is 5.92 Å². The summed E-state index contributed by atoms with van der Waals surface area (Å²) in [6, 6.07) is 0. The second-order valence-corrected chi connectivity index (χ2v) is 5.03. The molecule has 1 N–H and O–H groups in total. The molecule has 0 saturated heterocycles. The van der Waals surface area contributed by atoms with Crippen LogP contribution in [0.25, 0.3) is 0 Å². The first-order valence-corrected chi connectivity index (χ1v) is 7.06. The van der Waals surface area contributed by atoms with Crippen molar-refractivity contribution in [2.75, 3.05) is 32.9 Å². The van der Waals surface area contributed by atoms with Crippen LogP contribution in [-0.4, -0.2) is 39.0 Å². The van der Waals surface area contributed by atoms with Gasteiger partial charge < -0.3 is 14.8 Å². The van der Waals surface area contributed by atoms with Crippen LogP contribution < -0.4 is 5.32 Å². The van der Waals surface area contributed by atoms with Crippen LogP contribution in [0.2, 0.25) is 0 Å². The van der Waals surface area contributed by atoms with E-state index in [2.05, 4.69) is 33.0 Å². The Balaban J connectivity index is 3.14. The minimum absolute atomic E-state index is 0.348. The van der Waals surface area contributed by atoms with Crippen molar-refractivity contribution in [1.82, 2.24) is 5.32 Å². The lowest BCUT2D eigenvalue weighted by Crippen LogP contribution is -2.22. The van der Waals surface area contributed by atoms with Gasteiger partial charge in [0.25, 0.3) is 0 Å². The summed E-state index contributed by atoms with van der Waals surface area (Å²) in [6.07, 6.45) is 3.74. The van der Waals surface area contributed by atoms with Crippen LogP contribution in [0.1, 0.15) is 47.0 Å². The van der Waals surface area contributed by atoms with Crippen molar-refractivity contribution in [1.29, 1.82) is 0 Å². The molecule has 0 aliphatic carbocycles. The standard InChI is InChI=1S/C14H31NO2/c1-5-9-16-10-11-17-14(4)7-6-8-15-12-13(2)3/h13-15H,5-12H2,1-4H3. The molecule has 104 valence electrons. The first-order chi connectivity index (χ1) is 8.16.